The third-order valence-corrected chi connectivity index (χ3v) is 7.49. The lowest BCUT2D eigenvalue weighted by Crippen LogP contribution is -2.48. The topological polar surface area (TPSA) is 49.3 Å². The minimum Gasteiger partial charge on any atom is -0.336 e. The maximum atomic E-state index is 13.3. The van der Waals surface area contributed by atoms with E-state index >= 15 is 0 Å². The highest BCUT2D eigenvalue weighted by Crippen LogP contribution is 2.27. The van der Waals surface area contributed by atoms with E-state index in [4.69, 9.17) is 0 Å². The smallest absolute Gasteiger partial charge is 0.255 e. The highest BCUT2D eigenvalue weighted by atomic mass is 32.2. The van der Waals surface area contributed by atoms with Crippen molar-refractivity contribution in [2.45, 2.75) is 17.2 Å². The van der Waals surface area contributed by atoms with Crippen molar-refractivity contribution in [2.75, 3.05) is 26.2 Å². The van der Waals surface area contributed by atoms with E-state index in [1.165, 1.54) is 10.9 Å². The first-order valence-corrected chi connectivity index (χ1v) is 12.6. The van der Waals surface area contributed by atoms with Gasteiger partial charge in [0, 0.05) is 60.3 Å². The number of fused-ring (bicyclic) bond motifs is 1. The Hall–Kier alpha value is -2.74. The van der Waals surface area contributed by atoms with Crippen LogP contribution in [0.4, 0.5) is 0 Å². The number of pyridine rings is 1. The first kappa shape index (κ1) is 21.1. The van der Waals surface area contributed by atoms with Gasteiger partial charge in [0.15, 0.2) is 0 Å². The molecule has 2 aromatic heterocycles. The molecule has 0 saturated carbocycles. The summed E-state index contributed by atoms with van der Waals surface area (Å²) < 4.78 is 0. The number of piperazine rings is 1. The molecule has 1 amide bonds. The minimum atomic E-state index is 0.123. The van der Waals surface area contributed by atoms with Gasteiger partial charge in [-0.15, -0.1) is 23.1 Å². The van der Waals surface area contributed by atoms with Crippen LogP contribution in [0.3, 0.4) is 0 Å². The predicted octanol–water partition coefficient (Wildman–Crippen LogP) is 4.94. The number of hydrogen-bond donors (Lipinski definition) is 0. The van der Waals surface area contributed by atoms with E-state index in [1.54, 1.807) is 23.1 Å². The van der Waals surface area contributed by atoms with Gasteiger partial charge in [-0.1, -0.05) is 36.4 Å². The zero-order valence-electron chi connectivity index (χ0n) is 17.7. The van der Waals surface area contributed by atoms with Gasteiger partial charge in [0.2, 0.25) is 0 Å². The molecule has 4 aromatic rings. The van der Waals surface area contributed by atoms with Crippen molar-refractivity contribution < 1.29 is 4.79 Å². The lowest BCUT2D eigenvalue weighted by atomic mass is 10.1. The third-order valence-electron chi connectivity index (χ3n) is 5.75. The van der Waals surface area contributed by atoms with Gasteiger partial charge < -0.3 is 4.90 Å². The molecule has 0 atom stereocenters. The first-order valence-electron chi connectivity index (χ1n) is 10.7. The summed E-state index contributed by atoms with van der Waals surface area (Å²) >= 11 is 3.28. The molecule has 0 unspecified atom stereocenters. The molecule has 0 bridgehead atoms. The second-order valence-electron chi connectivity index (χ2n) is 7.83. The number of rotatable bonds is 6. The van der Waals surface area contributed by atoms with Crippen LogP contribution in [0, 0.1) is 0 Å². The van der Waals surface area contributed by atoms with Crippen LogP contribution in [0.2, 0.25) is 0 Å². The number of aromatic nitrogens is 2. The summed E-state index contributed by atoms with van der Waals surface area (Å²) in [5.41, 5.74) is 6.00. The minimum absolute atomic E-state index is 0.123. The number of nitrogens with zero attached hydrogens (tertiary/aromatic N) is 4. The van der Waals surface area contributed by atoms with Gasteiger partial charge in [-0.3, -0.25) is 14.7 Å². The molecule has 162 valence electrons. The number of carbonyl (C=O) groups excluding carboxylic acids is 1. The first-order chi connectivity index (χ1) is 15.8. The van der Waals surface area contributed by atoms with E-state index in [0.717, 1.165) is 60.1 Å². The molecule has 5 nitrogen and oxygen atoms in total. The van der Waals surface area contributed by atoms with E-state index in [9.17, 15) is 4.79 Å². The van der Waals surface area contributed by atoms with Crippen molar-refractivity contribution in [1.29, 1.82) is 0 Å². The Labute approximate surface area is 196 Å². The van der Waals surface area contributed by atoms with Crippen molar-refractivity contribution in [1.82, 2.24) is 19.8 Å². The van der Waals surface area contributed by atoms with Crippen LogP contribution in [0.5, 0.6) is 0 Å². The van der Waals surface area contributed by atoms with Crippen molar-refractivity contribution >= 4 is 39.9 Å². The Morgan fingerprint density at radius 3 is 2.66 bits per heavy atom. The van der Waals surface area contributed by atoms with Gasteiger partial charge in [-0.2, -0.15) is 0 Å². The van der Waals surface area contributed by atoms with Crippen LogP contribution in [0.25, 0.3) is 10.9 Å². The number of thiazole rings is 1. The summed E-state index contributed by atoms with van der Waals surface area (Å²) in [5.74, 6) is 0.901. The lowest BCUT2D eigenvalue weighted by Gasteiger charge is -2.35. The van der Waals surface area contributed by atoms with Gasteiger partial charge in [0.25, 0.3) is 5.91 Å². The monoisotopic (exact) mass is 460 g/mol. The maximum Gasteiger partial charge on any atom is 0.255 e. The number of thioether (sulfide) groups is 1. The summed E-state index contributed by atoms with van der Waals surface area (Å²) in [7, 11) is 0. The average molecular weight is 461 g/mol. The van der Waals surface area contributed by atoms with E-state index in [1.807, 2.05) is 46.9 Å². The largest absolute Gasteiger partial charge is 0.336 e. The quantitative estimate of drug-likeness (QED) is 0.382. The molecule has 0 radical (unpaired) electrons. The molecule has 2 aromatic carbocycles. The molecule has 32 heavy (non-hydrogen) atoms. The molecular weight excluding hydrogens is 436 g/mol. The Morgan fingerprint density at radius 2 is 1.81 bits per heavy atom. The molecule has 3 heterocycles. The molecular formula is C25H24N4OS2. The fraction of sp³-hybridized carbons (Fsp3) is 0.240. The Morgan fingerprint density at radius 1 is 0.969 bits per heavy atom. The highest BCUT2D eigenvalue weighted by molar-refractivity contribution is 7.98. The van der Waals surface area contributed by atoms with Crippen LogP contribution in [-0.2, 0) is 12.3 Å². The zero-order chi connectivity index (χ0) is 21.8. The van der Waals surface area contributed by atoms with Crippen LogP contribution < -0.4 is 0 Å². The van der Waals surface area contributed by atoms with E-state index in [-0.39, 0.29) is 5.91 Å². The van der Waals surface area contributed by atoms with E-state index in [2.05, 4.69) is 44.5 Å². The van der Waals surface area contributed by atoms with Crippen LogP contribution in [-0.4, -0.2) is 51.9 Å². The fourth-order valence-corrected chi connectivity index (χ4v) is 5.66. The van der Waals surface area contributed by atoms with E-state index < -0.39 is 0 Å². The summed E-state index contributed by atoms with van der Waals surface area (Å²) in [6.45, 7) is 4.06. The highest BCUT2D eigenvalue weighted by Gasteiger charge is 2.24. The predicted molar refractivity (Wildman–Crippen MR) is 131 cm³/mol. The number of carbonyl (C=O) groups is 1. The summed E-state index contributed by atoms with van der Waals surface area (Å²) in [5, 5.41) is 3.23. The molecule has 1 aliphatic rings. The standard InChI is InChI=1S/C25H24N4OS2/c30-25(22-8-1-2-9-23(22)32-17-21-16-31-18-27-21)29-13-11-28(12-14-29)15-20-6-3-5-19-7-4-10-26-24(19)20/h1-10,16,18H,11-15,17H2. The summed E-state index contributed by atoms with van der Waals surface area (Å²) in [6, 6.07) is 18.4. The van der Waals surface area contributed by atoms with Crippen LogP contribution in [0.15, 0.2) is 76.6 Å². The maximum absolute atomic E-state index is 13.3. The summed E-state index contributed by atoms with van der Waals surface area (Å²) in [6.07, 6.45) is 1.85. The SMILES string of the molecule is O=C(c1ccccc1SCc1cscn1)N1CCN(Cc2cccc3cccnc23)CC1. The van der Waals surface area contributed by atoms with Gasteiger partial charge in [-0.25, -0.2) is 4.98 Å². The zero-order valence-corrected chi connectivity index (χ0v) is 19.3. The number of amides is 1. The number of benzene rings is 2. The molecule has 0 aliphatic carbocycles. The van der Waals surface area contributed by atoms with E-state index in [0.29, 0.717) is 0 Å². The number of para-hydroxylation sites is 1. The fourth-order valence-electron chi connectivity index (χ4n) is 4.05. The van der Waals surface area contributed by atoms with Crippen molar-refractivity contribution in [3.63, 3.8) is 0 Å². The van der Waals surface area contributed by atoms with Gasteiger partial charge in [0.1, 0.15) is 0 Å². The van der Waals surface area contributed by atoms with Gasteiger partial charge in [-0.05, 0) is 23.8 Å². The van der Waals surface area contributed by atoms with Crippen LogP contribution >= 0.6 is 23.1 Å². The van der Waals surface area contributed by atoms with Crippen molar-refractivity contribution in [3.05, 3.63) is 88.5 Å². The van der Waals surface area contributed by atoms with Gasteiger partial charge >= 0.3 is 0 Å². The molecule has 1 fully saturated rings. The van der Waals surface area contributed by atoms with Crippen LogP contribution in [0.1, 0.15) is 21.6 Å². The Kier molecular flexibility index (Phi) is 6.48. The molecule has 1 aliphatic heterocycles. The van der Waals surface area contributed by atoms with Crippen molar-refractivity contribution in [2.24, 2.45) is 0 Å². The summed E-state index contributed by atoms with van der Waals surface area (Å²) in [4.78, 5) is 27.6. The second kappa shape index (κ2) is 9.81. The Balaban J connectivity index is 1.22. The Bertz CT molecular complexity index is 1200. The van der Waals surface area contributed by atoms with Gasteiger partial charge in [0.05, 0.1) is 22.3 Å². The molecule has 1 saturated heterocycles. The average Bonchev–Trinajstić information content (AvgIpc) is 3.37. The molecule has 0 spiro atoms. The number of hydrogen-bond acceptors (Lipinski definition) is 6. The second-order valence-corrected chi connectivity index (χ2v) is 9.56. The molecule has 0 N–H and O–H groups in total. The normalized spacial score (nSPS) is 14.7. The van der Waals surface area contributed by atoms with Crippen molar-refractivity contribution in [3.8, 4) is 0 Å². The molecule has 5 rings (SSSR count). The molecule has 7 heteroatoms. The lowest BCUT2D eigenvalue weighted by molar-refractivity contribution is 0.0625. The third kappa shape index (κ3) is 4.70.